The SMILES string of the molecule is Cc1nn(C)c2ncc(NC(=O)N3CCC(NC(=O)c4cnn(C)c4)CC3)cc12. The number of anilines is 1. The second kappa shape index (κ2) is 7.53. The van der Waals surface area contributed by atoms with Crippen molar-refractivity contribution in [1.82, 2.24) is 34.8 Å². The van der Waals surface area contributed by atoms with Crippen LogP contribution in [0.3, 0.4) is 0 Å². The molecule has 0 bridgehead atoms. The van der Waals surface area contributed by atoms with Crippen LogP contribution in [0.5, 0.6) is 0 Å². The molecule has 10 nitrogen and oxygen atoms in total. The maximum Gasteiger partial charge on any atom is 0.321 e. The van der Waals surface area contributed by atoms with Crippen molar-refractivity contribution in [2.45, 2.75) is 25.8 Å². The third kappa shape index (κ3) is 3.91. The lowest BCUT2D eigenvalue weighted by Gasteiger charge is -2.32. The molecule has 0 aromatic carbocycles. The first kappa shape index (κ1) is 18.9. The van der Waals surface area contributed by atoms with E-state index in [1.54, 1.807) is 39.9 Å². The molecule has 0 unspecified atom stereocenters. The van der Waals surface area contributed by atoms with Gasteiger partial charge in [0.2, 0.25) is 0 Å². The molecule has 3 aromatic heterocycles. The van der Waals surface area contributed by atoms with Crippen molar-refractivity contribution in [2.75, 3.05) is 18.4 Å². The van der Waals surface area contributed by atoms with Crippen molar-refractivity contribution in [2.24, 2.45) is 14.1 Å². The third-order valence-corrected chi connectivity index (χ3v) is 5.20. The van der Waals surface area contributed by atoms with Gasteiger partial charge in [-0.15, -0.1) is 0 Å². The zero-order valence-electron chi connectivity index (χ0n) is 16.7. The minimum atomic E-state index is -0.162. The first-order valence-corrected chi connectivity index (χ1v) is 9.55. The highest BCUT2D eigenvalue weighted by atomic mass is 16.2. The van der Waals surface area contributed by atoms with Crippen molar-refractivity contribution in [1.29, 1.82) is 0 Å². The summed E-state index contributed by atoms with van der Waals surface area (Å²) < 4.78 is 3.32. The number of piperidine rings is 1. The Labute approximate surface area is 167 Å². The molecule has 10 heteroatoms. The van der Waals surface area contributed by atoms with Gasteiger partial charge in [-0.25, -0.2) is 9.78 Å². The van der Waals surface area contributed by atoms with E-state index in [1.165, 1.54) is 0 Å². The highest BCUT2D eigenvalue weighted by Crippen LogP contribution is 2.20. The summed E-state index contributed by atoms with van der Waals surface area (Å²) in [6, 6.07) is 1.77. The number of nitrogens with one attached hydrogen (secondary N) is 2. The van der Waals surface area contributed by atoms with E-state index >= 15 is 0 Å². The Morgan fingerprint density at radius 2 is 1.93 bits per heavy atom. The maximum absolute atomic E-state index is 12.6. The lowest BCUT2D eigenvalue weighted by Crippen LogP contribution is -2.47. The summed E-state index contributed by atoms with van der Waals surface area (Å²) in [5, 5.41) is 15.2. The van der Waals surface area contributed by atoms with Crippen LogP contribution in [-0.4, -0.2) is 60.5 Å². The Bertz CT molecular complexity index is 1060. The highest BCUT2D eigenvalue weighted by Gasteiger charge is 2.24. The van der Waals surface area contributed by atoms with Gasteiger partial charge in [-0.05, 0) is 25.8 Å². The molecule has 1 fully saturated rings. The molecular formula is C19H24N8O2. The molecule has 4 heterocycles. The highest BCUT2D eigenvalue weighted by molar-refractivity contribution is 5.94. The predicted molar refractivity (Wildman–Crippen MR) is 108 cm³/mol. The second-order valence-corrected chi connectivity index (χ2v) is 7.37. The molecule has 3 aromatic rings. The van der Waals surface area contributed by atoms with Gasteiger partial charge in [0.15, 0.2) is 5.65 Å². The first-order valence-electron chi connectivity index (χ1n) is 9.55. The Hall–Kier alpha value is -3.43. The summed E-state index contributed by atoms with van der Waals surface area (Å²) in [6.45, 7) is 3.07. The fraction of sp³-hybridized carbons (Fsp3) is 0.421. The van der Waals surface area contributed by atoms with Gasteiger partial charge in [-0.1, -0.05) is 0 Å². The van der Waals surface area contributed by atoms with E-state index < -0.39 is 0 Å². The van der Waals surface area contributed by atoms with Crippen molar-refractivity contribution in [3.8, 4) is 0 Å². The van der Waals surface area contributed by atoms with Crippen LogP contribution in [0.4, 0.5) is 10.5 Å². The molecule has 0 aliphatic carbocycles. The minimum Gasteiger partial charge on any atom is -0.349 e. The smallest absolute Gasteiger partial charge is 0.321 e. The molecule has 0 spiro atoms. The standard InChI is InChI=1S/C19H24N8O2/c1-12-16-8-15(10-20-17(16)26(3)24-12)23-19(29)27-6-4-14(5-7-27)22-18(28)13-9-21-25(2)11-13/h8-11,14H,4-7H2,1-3H3,(H,22,28)(H,23,29). The summed E-state index contributed by atoms with van der Waals surface area (Å²) in [6.07, 6.45) is 6.29. The van der Waals surface area contributed by atoms with Gasteiger partial charge in [-0.3, -0.25) is 14.2 Å². The number of amides is 3. The number of urea groups is 1. The van der Waals surface area contributed by atoms with E-state index in [9.17, 15) is 9.59 Å². The number of fused-ring (bicyclic) bond motifs is 1. The van der Waals surface area contributed by atoms with Crippen LogP contribution >= 0.6 is 0 Å². The molecular weight excluding hydrogens is 372 g/mol. The number of hydrogen-bond donors (Lipinski definition) is 2. The Kier molecular flexibility index (Phi) is 4.91. The molecule has 0 atom stereocenters. The summed E-state index contributed by atoms with van der Waals surface area (Å²) >= 11 is 0. The number of carbonyl (C=O) groups is 2. The van der Waals surface area contributed by atoms with Crippen LogP contribution in [0, 0.1) is 6.92 Å². The molecule has 29 heavy (non-hydrogen) atoms. The predicted octanol–water partition coefficient (Wildman–Crippen LogP) is 1.44. The number of rotatable bonds is 3. The largest absolute Gasteiger partial charge is 0.349 e. The van der Waals surface area contributed by atoms with Gasteiger partial charge in [0.05, 0.1) is 29.3 Å². The molecule has 152 valence electrons. The summed E-state index contributed by atoms with van der Waals surface area (Å²) in [5.74, 6) is -0.132. The van der Waals surface area contributed by atoms with Crippen LogP contribution in [-0.2, 0) is 14.1 Å². The topological polar surface area (TPSA) is 110 Å². The molecule has 1 aliphatic heterocycles. The van der Waals surface area contributed by atoms with E-state index in [-0.39, 0.29) is 18.0 Å². The normalized spacial score (nSPS) is 14.9. The van der Waals surface area contributed by atoms with Crippen LogP contribution in [0.15, 0.2) is 24.7 Å². The van der Waals surface area contributed by atoms with Crippen molar-refractivity contribution >= 4 is 28.7 Å². The van der Waals surface area contributed by atoms with Gasteiger partial charge in [0, 0.05) is 44.8 Å². The van der Waals surface area contributed by atoms with Gasteiger partial charge in [0.25, 0.3) is 5.91 Å². The van der Waals surface area contributed by atoms with Crippen LogP contribution in [0.25, 0.3) is 11.0 Å². The van der Waals surface area contributed by atoms with E-state index in [0.717, 1.165) is 16.7 Å². The van der Waals surface area contributed by atoms with Crippen molar-refractivity contribution in [3.63, 3.8) is 0 Å². The number of nitrogens with zero attached hydrogens (tertiary/aromatic N) is 6. The molecule has 4 rings (SSSR count). The van der Waals surface area contributed by atoms with Gasteiger partial charge < -0.3 is 15.5 Å². The second-order valence-electron chi connectivity index (χ2n) is 7.37. The number of pyridine rings is 1. The number of aromatic nitrogens is 5. The van der Waals surface area contributed by atoms with Gasteiger partial charge >= 0.3 is 6.03 Å². The summed E-state index contributed by atoms with van der Waals surface area (Å²) in [5.41, 5.74) is 2.84. The number of likely N-dealkylation sites (tertiary alicyclic amines) is 1. The lowest BCUT2D eigenvalue weighted by atomic mass is 10.0. The Morgan fingerprint density at radius 3 is 2.62 bits per heavy atom. The minimum absolute atomic E-state index is 0.0443. The molecule has 2 N–H and O–H groups in total. The fourth-order valence-corrected chi connectivity index (χ4v) is 3.61. The molecule has 1 aliphatic rings. The quantitative estimate of drug-likeness (QED) is 0.696. The number of hydrogen-bond acceptors (Lipinski definition) is 5. The Balaban J connectivity index is 1.32. The zero-order valence-corrected chi connectivity index (χ0v) is 16.7. The lowest BCUT2D eigenvalue weighted by molar-refractivity contribution is 0.0919. The van der Waals surface area contributed by atoms with Crippen molar-refractivity contribution in [3.05, 3.63) is 35.9 Å². The van der Waals surface area contributed by atoms with E-state index in [2.05, 4.69) is 25.8 Å². The Morgan fingerprint density at radius 1 is 1.17 bits per heavy atom. The maximum atomic E-state index is 12.6. The average Bonchev–Trinajstić information content (AvgIpc) is 3.25. The van der Waals surface area contributed by atoms with Gasteiger partial charge in [-0.2, -0.15) is 10.2 Å². The van der Waals surface area contributed by atoms with Crippen LogP contribution < -0.4 is 10.6 Å². The zero-order chi connectivity index (χ0) is 20.5. The average molecular weight is 396 g/mol. The van der Waals surface area contributed by atoms with Crippen LogP contribution in [0.2, 0.25) is 0 Å². The monoisotopic (exact) mass is 396 g/mol. The molecule has 1 saturated heterocycles. The van der Waals surface area contributed by atoms with E-state index in [0.29, 0.717) is 37.2 Å². The van der Waals surface area contributed by atoms with E-state index in [1.807, 2.05) is 20.0 Å². The summed E-state index contributed by atoms with van der Waals surface area (Å²) in [4.78, 5) is 31.0. The van der Waals surface area contributed by atoms with E-state index in [4.69, 9.17) is 0 Å². The number of aryl methyl sites for hydroxylation is 3. The van der Waals surface area contributed by atoms with Gasteiger partial charge in [0.1, 0.15) is 0 Å². The van der Waals surface area contributed by atoms with Crippen molar-refractivity contribution < 1.29 is 9.59 Å². The summed E-state index contributed by atoms with van der Waals surface area (Å²) in [7, 11) is 3.62. The fourth-order valence-electron chi connectivity index (χ4n) is 3.61. The van der Waals surface area contributed by atoms with Crippen LogP contribution in [0.1, 0.15) is 28.9 Å². The number of carbonyl (C=O) groups excluding carboxylic acids is 2. The molecule has 0 radical (unpaired) electrons. The first-order chi connectivity index (χ1) is 13.9. The molecule has 3 amide bonds. The molecule has 0 saturated carbocycles. The third-order valence-electron chi connectivity index (χ3n) is 5.20.